The Balaban J connectivity index is 2.08. The van der Waals surface area contributed by atoms with Crippen LogP contribution in [0, 0.1) is 5.41 Å². The van der Waals surface area contributed by atoms with Crippen LogP contribution in [0.4, 0.5) is 0 Å². The molecule has 0 spiro atoms. The van der Waals surface area contributed by atoms with Gasteiger partial charge in [0, 0.05) is 19.7 Å². The Labute approximate surface area is 82.0 Å². The van der Waals surface area contributed by atoms with Crippen molar-refractivity contribution in [3.05, 3.63) is 0 Å². The summed E-state index contributed by atoms with van der Waals surface area (Å²) in [4.78, 5) is 0. The van der Waals surface area contributed by atoms with E-state index in [1.807, 2.05) is 0 Å². The van der Waals surface area contributed by atoms with Crippen molar-refractivity contribution in [1.29, 1.82) is 0 Å². The molecule has 1 saturated carbocycles. The van der Waals surface area contributed by atoms with E-state index < -0.39 is 0 Å². The molecule has 0 aromatic heterocycles. The zero-order valence-electron chi connectivity index (χ0n) is 9.39. The van der Waals surface area contributed by atoms with Crippen molar-refractivity contribution in [3.8, 4) is 0 Å². The summed E-state index contributed by atoms with van der Waals surface area (Å²) in [6.45, 7) is 8.00. The maximum absolute atomic E-state index is 5.23. The standard InChI is InChI=1S/C11H23NO/c1-5-11(2,3)8-12-9-6-10(7-9)13-4/h9-10,12H,5-8H2,1-4H3. The van der Waals surface area contributed by atoms with Crippen molar-refractivity contribution in [2.75, 3.05) is 13.7 Å². The predicted molar refractivity (Wildman–Crippen MR) is 55.9 cm³/mol. The van der Waals surface area contributed by atoms with Gasteiger partial charge in [-0.1, -0.05) is 20.8 Å². The molecule has 1 fully saturated rings. The van der Waals surface area contributed by atoms with Crippen LogP contribution in [0.1, 0.15) is 40.0 Å². The summed E-state index contributed by atoms with van der Waals surface area (Å²) < 4.78 is 5.23. The van der Waals surface area contributed by atoms with Gasteiger partial charge in [0.05, 0.1) is 6.10 Å². The Morgan fingerprint density at radius 2 is 2.00 bits per heavy atom. The molecule has 0 unspecified atom stereocenters. The first-order valence-corrected chi connectivity index (χ1v) is 5.33. The molecular formula is C11H23NO. The second-order valence-corrected chi connectivity index (χ2v) is 4.92. The van der Waals surface area contributed by atoms with E-state index in [1.54, 1.807) is 7.11 Å². The van der Waals surface area contributed by atoms with E-state index in [2.05, 4.69) is 26.1 Å². The quantitative estimate of drug-likeness (QED) is 0.709. The van der Waals surface area contributed by atoms with Crippen LogP contribution < -0.4 is 5.32 Å². The van der Waals surface area contributed by atoms with Gasteiger partial charge in [-0.05, 0) is 24.7 Å². The van der Waals surface area contributed by atoms with Crippen LogP contribution in [0.25, 0.3) is 0 Å². The minimum atomic E-state index is 0.443. The van der Waals surface area contributed by atoms with Gasteiger partial charge in [-0.2, -0.15) is 0 Å². The third kappa shape index (κ3) is 3.28. The first kappa shape index (κ1) is 11.0. The van der Waals surface area contributed by atoms with Gasteiger partial charge in [0.2, 0.25) is 0 Å². The second-order valence-electron chi connectivity index (χ2n) is 4.92. The highest BCUT2D eigenvalue weighted by Gasteiger charge is 2.29. The fourth-order valence-corrected chi connectivity index (χ4v) is 1.47. The summed E-state index contributed by atoms with van der Waals surface area (Å²) >= 11 is 0. The van der Waals surface area contributed by atoms with Crippen molar-refractivity contribution in [2.45, 2.75) is 52.2 Å². The Hall–Kier alpha value is -0.0800. The third-order valence-electron chi connectivity index (χ3n) is 3.25. The normalized spacial score (nSPS) is 28.6. The predicted octanol–water partition coefficient (Wildman–Crippen LogP) is 2.19. The molecule has 0 aliphatic heterocycles. The monoisotopic (exact) mass is 185 g/mol. The number of hydrogen-bond donors (Lipinski definition) is 1. The first-order chi connectivity index (χ1) is 6.07. The molecule has 0 saturated heterocycles. The van der Waals surface area contributed by atoms with Gasteiger partial charge in [0.25, 0.3) is 0 Å². The van der Waals surface area contributed by atoms with Crippen LogP contribution in [0.5, 0.6) is 0 Å². The van der Waals surface area contributed by atoms with Crippen LogP contribution in [0.3, 0.4) is 0 Å². The lowest BCUT2D eigenvalue weighted by Crippen LogP contribution is -2.47. The average molecular weight is 185 g/mol. The van der Waals surface area contributed by atoms with Gasteiger partial charge in [-0.3, -0.25) is 0 Å². The van der Waals surface area contributed by atoms with Crippen molar-refractivity contribution >= 4 is 0 Å². The second kappa shape index (κ2) is 4.43. The van der Waals surface area contributed by atoms with Crippen LogP contribution in [0.15, 0.2) is 0 Å². The fraction of sp³-hybridized carbons (Fsp3) is 1.00. The molecule has 0 bridgehead atoms. The molecule has 2 heteroatoms. The van der Waals surface area contributed by atoms with Crippen molar-refractivity contribution in [3.63, 3.8) is 0 Å². The maximum atomic E-state index is 5.23. The summed E-state index contributed by atoms with van der Waals surface area (Å²) in [7, 11) is 1.80. The van der Waals surface area contributed by atoms with E-state index >= 15 is 0 Å². The lowest BCUT2D eigenvalue weighted by atomic mass is 9.86. The van der Waals surface area contributed by atoms with E-state index in [1.165, 1.54) is 19.3 Å². The summed E-state index contributed by atoms with van der Waals surface area (Å²) in [5.74, 6) is 0. The van der Waals surface area contributed by atoms with Gasteiger partial charge >= 0.3 is 0 Å². The fourth-order valence-electron chi connectivity index (χ4n) is 1.47. The Morgan fingerprint density at radius 1 is 1.38 bits per heavy atom. The molecule has 0 aromatic rings. The third-order valence-corrected chi connectivity index (χ3v) is 3.25. The molecule has 0 aromatic carbocycles. The lowest BCUT2D eigenvalue weighted by molar-refractivity contribution is 0.0148. The Bertz CT molecular complexity index is 150. The smallest absolute Gasteiger partial charge is 0.0601 e. The summed E-state index contributed by atoms with van der Waals surface area (Å²) in [6, 6.07) is 0.704. The van der Waals surface area contributed by atoms with Crippen molar-refractivity contribution in [1.82, 2.24) is 5.32 Å². The molecule has 0 amide bonds. The molecular weight excluding hydrogens is 162 g/mol. The molecule has 0 atom stereocenters. The zero-order valence-corrected chi connectivity index (χ0v) is 9.39. The molecule has 78 valence electrons. The van der Waals surface area contributed by atoms with E-state index in [4.69, 9.17) is 4.74 Å². The van der Waals surface area contributed by atoms with E-state index in [9.17, 15) is 0 Å². The minimum Gasteiger partial charge on any atom is -0.381 e. The summed E-state index contributed by atoms with van der Waals surface area (Å²) in [6.07, 6.45) is 4.13. The van der Waals surface area contributed by atoms with Gasteiger partial charge in [0.15, 0.2) is 0 Å². The van der Waals surface area contributed by atoms with Crippen LogP contribution >= 0.6 is 0 Å². The average Bonchev–Trinajstić information content (AvgIpc) is 2.02. The topological polar surface area (TPSA) is 21.3 Å². The SMILES string of the molecule is CCC(C)(C)CNC1CC(OC)C1. The minimum absolute atomic E-state index is 0.443. The number of hydrogen-bond acceptors (Lipinski definition) is 2. The highest BCUT2D eigenvalue weighted by molar-refractivity contribution is 4.87. The van der Waals surface area contributed by atoms with Crippen molar-refractivity contribution < 1.29 is 4.74 Å². The van der Waals surface area contributed by atoms with Gasteiger partial charge in [0.1, 0.15) is 0 Å². The number of methoxy groups -OCH3 is 1. The van der Waals surface area contributed by atoms with Crippen molar-refractivity contribution in [2.24, 2.45) is 5.41 Å². The summed E-state index contributed by atoms with van der Waals surface area (Å²) in [5, 5.41) is 3.59. The van der Waals surface area contributed by atoms with Gasteiger partial charge in [-0.15, -0.1) is 0 Å². The largest absolute Gasteiger partial charge is 0.381 e. The van der Waals surface area contributed by atoms with Crippen LogP contribution in [-0.4, -0.2) is 25.8 Å². The molecule has 2 nitrogen and oxygen atoms in total. The molecule has 1 aliphatic rings. The van der Waals surface area contributed by atoms with Crippen LogP contribution in [-0.2, 0) is 4.74 Å². The highest BCUT2D eigenvalue weighted by Crippen LogP contribution is 2.24. The lowest BCUT2D eigenvalue weighted by Gasteiger charge is -2.37. The zero-order chi connectivity index (χ0) is 9.90. The number of rotatable bonds is 5. The molecule has 1 aliphatic carbocycles. The molecule has 1 N–H and O–H groups in total. The summed E-state index contributed by atoms with van der Waals surface area (Å²) in [5.41, 5.74) is 0.443. The molecule has 0 heterocycles. The van der Waals surface area contributed by atoms with Gasteiger partial charge in [-0.25, -0.2) is 0 Å². The first-order valence-electron chi connectivity index (χ1n) is 5.33. The molecule has 0 radical (unpaired) electrons. The van der Waals surface area contributed by atoms with Crippen LogP contribution in [0.2, 0.25) is 0 Å². The molecule has 1 rings (SSSR count). The molecule has 13 heavy (non-hydrogen) atoms. The number of ether oxygens (including phenoxy) is 1. The van der Waals surface area contributed by atoms with E-state index in [-0.39, 0.29) is 0 Å². The van der Waals surface area contributed by atoms with E-state index in [0.717, 1.165) is 6.54 Å². The number of nitrogens with one attached hydrogen (secondary N) is 1. The maximum Gasteiger partial charge on any atom is 0.0601 e. The Kier molecular flexibility index (Phi) is 3.74. The van der Waals surface area contributed by atoms with E-state index in [0.29, 0.717) is 17.6 Å². The van der Waals surface area contributed by atoms with Gasteiger partial charge < -0.3 is 10.1 Å². The Morgan fingerprint density at radius 3 is 2.46 bits per heavy atom. The highest BCUT2D eigenvalue weighted by atomic mass is 16.5.